The molecule has 2 bridgehead atoms. The number of nitrogens with zero attached hydrogens (tertiary/aromatic N) is 1. The number of amides is 1. The molecule has 2 fully saturated rings. The SMILES string of the molecule is C.COc1ccc(OCCC(=O)N[C@H](CN2C[C@@H]3CC[C@H]2C3)[C@H](O)c2ccc3c(c2)OCCO3)cc1. The minimum atomic E-state index is -0.864. The summed E-state index contributed by atoms with van der Waals surface area (Å²) in [5.74, 6) is 3.33. The van der Waals surface area contributed by atoms with E-state index in [4.69, 9.17) is 18.9 Å². The molecule has 196 valence electrons. The van der Waals surface area contributed by atoms with Crippen molar-refractivity contribution in [2.45, 2.75) is 51.3 Å². The highest BCUT2D eigenvalue weighted by Crippen LogP contribution is 2.38. The van der Waals surface area contributed by atoms with Crippen LogP contribution in [0.15, 0.2) is 42.5 Å². The molecule has 2 aromatic rings. The first-order valence-electron chi connectivity index (χ1n) is 12.5. The highest BCUT2D eigenvalue weighted by atomic mass is 16.6. The zero-order valence-corrected chi connectivity index (χ0v) is 20.2. The zero-order valence-electron chi connectivity index (χ0n) is 20.2. The molecule has 1 saturated heterocycles. The summed E-state index contributed by atoms with van der Waals surface area (Å²) in [4.78, 5) is 15.3. The molecule has 1 aliphatic carbocycles. The largest absolute Gasteiger partial charge is 0.497 e. The smallest absolute Gasteiger partial charge is 0.223 e. The zero-order chi connectivity index (χ0) is 24.2. The maximum Gasteiger partial charge on any atom is 0.223 e. The molecule has 0 aromatic heterocycles. The monoisotopic (exact) mass is 498 g/mol. The molecular weight excluding hydrogens is 460 g/mol. The van der Waals surface area contributed by atoms with Crippen LogP contribution in [-0.4, -0.2) is 68.0 Å². The van der Waals surface area contributed by atoms with E-state index in [-0.39, 0.29) is 26.4 Å². The van der Waals surface area contributed by atoms with Crippen LogP contribution in [0, 0.1) is 5.92 Å². The molecule has 2 N–H and O–H groups in total. The molecule has 3 aliphatic rings. The summed E-state index contributed by atoms with van der Waals surface area (Å²) in [6.45, 7) is 2.90. The molecular formula is C28H38N2O6. The number of aliphatic hydroxyl groups is 1. The molecule has 5 rings (SSSR count). The lowest BCUT2D eigenvalue weighted by molar-refractivity contribution is -0.123. The fourth-order valence-electron chi connectivity index (χ4n) is 5.42. The molecule has 2 aromatic carbocycles. The van der Waals surface area contributed by atoms with Gasteiger partial charge in [0, 0.05) is 19.1 Å². The van der Waals surface area contributed by atoms with Gasteiger partial charge in [-0.3, -0.25) is 9.69 Å². The number of benzene rings is 2. The molecule has 8 nitrogen and oxygen atoms in total. The second kappa shape index (κ2) is 11.8. The van der Waals surface area contributed by atoms with Crippen molar-refractivity contribution in [1.29, 1.82) is 0 Å². The number of aliphatic hydroxyl groups excluding tert-OH is 1. The summed E-state index contributed by atoms with van der Waals surface area (Å²) in [5.41, 5.74) is 0.707. The summed E-state index contributed by atoms with van der Waals surface area (Å²) < 4.78 is 22.2. The van der Waals surface area contributed by atoms with Crippen LogP contribution in [0.1, 0.15) is 44.8 Å². The average Bonchev–Trinajstić information content (AvgIpc) is 3.51. The summed E-state index contributed by atoms with van der Waals surface area (Å²) in [6.07, 6.45) is 3.03. The van der Waals surface area contributed by atoms with E-state index in [1.807, 2.05) is 42.5 Å². The van der Waals surface area contributed by atoms with Gasteiger partial charge in [-0.25, -0.2) is 0 Å². The summed E-state index contributed by atoms with van der Waals surface area (Å²) >= 11 is 0. The van der Waals surface area contributed by atoms with Crippen LogP contribution in [0.25, 0.3) is 0 Å². The van der Waals surface area contributed by atoms with E-state index < -0.39 is 12.1 Å². The normalized spacial score (nSPS) is 21.8. The molecule has 0 radical (unpaired) electrons. The first-order chi connectivity index (χ1) is 17.1. The predicted molar refractivity (Wildman–Crippen MR) is 137 cm³/mol. The first kappa shape index (κ1) is 26.1. The third kappa shape index (κ3) is 6.05. The second-order valence-corrected chi connectivity index (χ2v) is 9.58. The van der Waals surface area contributed by atoms with Crippen molar-refractivity contribution in [3.63, 3.8) is 0 Å². The van der Waals surface area contributed by atoms with Crippen molar-refractivity contribution in [3.05, 3.63) is 48.0 Å². The fourth-order valence-corrected chi connectivity index (χ4v) is 5.42. The number of carbonyl (C=O) groups is 1. The van der Waals surface area contributed by atoms with E-state index in [1.54, 1.807) is 7.11 Å². The van der Waals surface area contributed by atoms with Crippen LogP contribution in [0.4, 0.5) is 0 Å². The quantitative estimate of drug-likeness (QED) is 0.518. The number of hydrogen-bond acceptors (Lipinski definition) is 7. The van der Waals surface area contributed by atoms with E-state index in [1.165, 1.54) is 19.3 Å². The van der Waals surface area contributed by atoms with Gasteiger partial charge in [0.1, 0.15) is 30.8 Å². The number of ether oxygens (including phenoxy) is 4. The number of piperidine rings is 1. The average molecular weight is 499 g/mol. The molecule has 1 saturated carbocycles. The van der Waals surface area contributed by atoms with Crippen molar-refractivity contribution in [1.82, 2.24) is 10.2 Å². The molecule has 0 unspecified atom stereocenters. The number of carbonyl (C=O) groups excluding carboxylic acids is 1. The van der Waals surface area contributed by atoms with Crippen molar-refractivity contribution >= 4 is 5.91 Å². The Balaban J connectivity index is 0.00000304. The molecule has 36 heavy (non-hydrogen) atoms. The van der Waals surface area contributed by atoms with E-state index in [9.17, 15) is 9.90 Å². The standard InChI is InChI=1S/C27H34N2O6.CH4/c1-32-21-5-7-22(8-6-21)33-11-10-26(30)28-23(17-29-16-18-2-4-20(29)14-18)27(31)19-3-9-24-25(15-19)35-13-12-34-24;/h3,5-9,15,18,20,23,27,31H,2,4,10-14,16-17H2,1H3,(H,28,30);1H4/t18-,20+,23-,27-;/m1./s1. The number of nitrogens with one attached hydrogen (secondary N) is 1. The van der Waals surface area contributed by atoms with Gasteiger partial charge in [0.25, 0.3) is 0 Å². The van der Waals surface area contributed by atoms with Gasteiger partial charge in [-0.15, -0.1) is 0 Å². The van der Waals surface area contributed by atoms with Crippen molar-refractivity contribution in [2.75, 3.05) is 40.0 Å². The lowest BCUT2D eigenvalue weighted by atomic mass is 9.99. The predicted octanol–water partition coefficient (Wildman–Crippen LogP) is 3.57. The second-order valence-electron chi connectivity index (χ2n) is 9.58. The lowest BCUT2D eigenvalue weighted by Crippen LogP contribution is -2.49. The van der Waals surface area contributed by atoms with Gasteiger partial charge >= 0.3 is 0 Å². The molecule has 8 heteroatoms. The topological polar surface area (TPSA) is 89.5 Å². The van der Waals surface area contributed by atoms with Gasteiger partial charge in [0.2, 0.25) is 5.91 Å². The molecule has 1 amide bonds. The van der Waals surface area contributed by atoms with Gasteiger partial charge in [-0.05, 0) is 67.1 Å². The van der Waals surface area contributed by atoms with Crippen molar-refractivity contribution < 1.29 is 28.8 Å². The van der Waals surface area contributed by atoms with Gasteiger partial charge < -0.3 is 29.4 Å². The third-order valence-corrected chi connectivity index (χ3v) is 7.25. The van der Waals surface area contributed by atoms with Gasteiger partial charge in [0.15, 0.2) is 11.5 Å². The Bertz CT molecular complexity index is 1010. The van der Waals surface area contributed by atoms with Crippen LogP contribution in [-0.2, 0) is 4.79 Å². The number of fused-ring (bicyclic) bond motifs is 3. The fraction of sp³-hybridized carbons (Fsp3) is 0.536. The number of methoxy groups -OCH3 is 1. The van der Waals surface area contributed by atoms with E-state index in [2.05, 4.69) is 10.2 Å². The van der Waals surface area contributed by atoms with Crippen molar-refractivity contribution in [2.24, 2.45) is 5.92 Å². The Kier molecular flexibility index (Phi) is 8.59. The van der Waals surface area contributed by atoms with Gasteiger partial charge in [-0.1, -0.05) is 13.5 Å². The maximum atomic E-state index is 12.9. The van der Waals surface area contributed by atoms with Crippen LogP contribution < -0.4 is 24.3 Å². The van der Waals surface area contributed by atoms with Gasteiger partial charge in [-0.2, -0.15) is 0 Å². The third-order valence-electron chi connectivity index (χ3n) is 7.25. The maximum absolute atomic E-state index is 12.9. The van der Waals surface area contributed by atoms with E-state index in [0.29, 0.717) is 48.6 Å². The number of likely N-dealkylation sites (tertiary alicyclic amines) is 1. The summed E-state index contributed by atoms with van der Waals surface area (Å²) in [5, 5.41) is 14.4. The lowest BCUT2D eigenvalue weighted by Gasteiger charge is -2.33. The van der Waals surface area contributed by atoms with E-state index >= 15 is 0 Å². The Morgan fingerprint density at radius 2 is 1.86 bits per heavy atom. The highest BCUT2D eigenvalue weighted by molar-refractivity contribution is 5.76. The highest BCUT2D eigenvalue weighted by Gasteiger charge is 2.39. The summed E-state index contributed by atoms with van der Waals surface area (Å²) in [6, 6.07) is 12.9. The van der Waals surface area contributed by atoms with Crippen molar-refractivity contribution in [3.8, 4) is 23.0 Å². The molecule has 2 aliphatic heterocycles. The van der Waals surface area contributed by atoms with E-state index in [0.717, 1.165) is 18.2 Å². The number of rotatable bonds is 10. The van der Waals surface area contributed by atoms with Crippen LogP contribution in [0.3, 0.4) is 0 Å². The molecule has 2 heterocycles. The molecule has 0 spiro atoms. The first-order valence-corrected chi connectivity index (χ1v) is 12.5. The van der Waals surface area contributed by atoms with Crippen LogP contribution in [0.5, 0.6) is 23.0 Å². The Hall–Kier alpha value is -2.97. The Labute approximate surface area is 213 Å². The van der Waals surface area contributed by atoms with Crippen LogP contribution in [0.2, 0.25) is 0 Å². The Morgan fingerprint density at radius 3 is 2.56 bits per heavy atom. The minimum Gasteiger partial charge on any atom is -0.497 e. The minimum absolute atomic E-state index is 0. The van der Waals surface area contributed by atoms with Gasteiger partial charge in [0.05, 0.1) is 26.2 Å². The van der Waals surface area contributed by atoms with Crippen LogP contribution >= 0.6 is 0 Å². The summed E-state index contributed by atoms with van der Waals surface area (Å²) in [7, 11) is 1.61. The number of hydrogen-bond donors (Lipinski definition) is 2. The molecule has 4 atom stereocenters. The Morgan fingerprint density at radius 1 is 1.11 bits per heavy atom.